The van der Waals surface area contributed by atoms with Crippen LogP contribution in [-0.2, 0) is 14.3 Å². The van der Waals surface area contributed by atoms with Crippen molar-refractivity contribution in [2.45, 2.75) is 92.5 Å². The highest BCUT2D eigenvalue weighted by atomic mass is 32.1. The van der Waals surface area contributed by atoms with Crippen molar-refractivity contribution in [1.29, 1.82) is 0 Å². The summed E-state index contributed by atoms with van der Waals surface area (Å²) < 4.78 is 5.80. The van der Waals surface area contributed by atoms with Crippen LogP contribution < -0.4 is 0 Å². The number of nitrogens with zero attached hydrogens (tertiary/aromatic N) is 1. The lowest BCUT2D eigenvalue weighted by Crippen LogP contribution is -2.44. The standard InChI is InChI=1S/C27H39NO5S/c1-16-9-8-10-17(2)25(31)19(4)26(32)27(6,7)23(29)14-24(30)33-22(12-11-16)18(3)13-21-15-34-20(5)28-21/h10-11,13,15,19,22-23,25,29,31H,8-9,12,14H2,1-7H3/t19-,22+,23+,25+/m1/s1. The molecular formula is C27H39NO5S. The average molecular weight is 490 g/mol. The highest BCUT2D eigenvalue weighted by Crippen LogP contribution is 2.31. The van der Waals surface area contributed by atoms with E-state index in [1.165, 1.54) is 0 Å². The van der Waals surface area contributed by atoms with Crippen LogP contribution in [0, 0.1) is 18.3 Å². The van der Waals surface area contributed by atoms with Crippen molar-refractivity contribution >= 4 is 29.2 Å². The van der Waals surface area contributed by atoms with E-state index in [0.717, 1.165) is 40.3 Å². The van der Waals surface area contributed by atoms with Gasteiger partial charge in [0, 0.05) is 17.7 Å². The zero-order chi connectivity index (χ0) is 25.6. The Labute approximate surface area is 207 Å². The molecule has 34 heavy (non-hydrogen) atoms. The second kappa shape index (κ2) is 12.0. The molecule has 1 aliphatic heterocycles. The molecule has 0 spiro atoms. The molecule has 7 heteroatoms. The molecule has 4 atom stereocenters. The summed E-state index contributed by atoms with van der Waals surface area (Å²) >= 11 is 1.56. The Bertz CT molecular complexity index is 971. The van der Waals surface area contributed by atoms with Crippen LogP contribution in [0.2, 0.25) is 0 Å². The number of aliphatic hydroxyl groups excluding tert-OH is 2. The molecule has 0 amide bonds. The van der Waals surface area contributed by atoms with Crippen LogP contribution in [0.1, 0.15) is 77.9 Å². The number of aromatic nitrogens is 1. The lowest BCUT2D eigenvalue weighted by atomic mass is 9.74. The summed E-state index contributed by atoms with van der Waals surface area (Å²) in [4.78, 5) is 30.4. The lowest BCUT2D eigenvalue weighted by Gasteiger charge is -2.33. The number of thiazole rings is 1. The maximum Gasteiger partial charge on any atom is 0.309 e. The first-order chi connectivity index (χ1) is 15.8. The largest absolute Gasteiger partial charge is 0.457 e. The van der Waals surface area contributed by atoms with Crippen LogP contribution in [0.3, 0.4) is 0 Å². The maximum absolute atomic E-state index is 13.1. The Morgan fingerprint density at radius 1 is 1.21 bits per heavy atom. The topological polar surface area (TPSA) is 96.7 Å². The van der Waals surface area contributed by atoms with E-state index in [9.17, 15) is 19.8 Å². The van der Waals surface area contributed by atoms with Gasteiger partial charge < -0.3 is 14.9 Å². The summed E-state index contributed by atoms with van der Waals surface area (Å²) in [6, 6.07) is 0. The molecule has 0 unspecified atom stereocenters. The van der Waals surface area contributed by atoms with E-state index in [4.69, 9.17) is 4.74 Å². The molecule has 1 aromatic heterocycles. The number of hydrogen-bond donors (Lipinski definition) is 2. The van der Waals surface area contributed by atoms with Crippen molar-refractivity contribution in [2.24, 2.45) is 11.3 Å². The Balaban J connectivity index is 2.37. The molecule has 0 saturated carbocycles. The van der Waals surface area contributed by atoms with Crippen LogP contribution in [0.15, 0.2) is 34.3 Å². The fraction of sp³-hybridized carbons (Fsp3) is 0.593. The molecule has 2 heterocycles. The third kappa shape index (κ3) is 7.45. The van der Waals surface area contributed by atoms with E-state index in [2.05, 4.69) is 11.1 Å². The summed E-state index contributed by atoms with van der Waals surface area (Å²) in [7, 11) is 0. The number of allylic oxidation sites excluding steroid dienone is 2. The van der Waals surface area contributed by atoms with Gasteiger partial charge in [0.15, 0.2) is 0 Å². The molecule has 2 N–H and O–H groups in total. The van der Waals surface area contributed by atoms with E-state index >= 15 is 0 Å². The zero-order valence-electron chi connectivity index (χ0n) is 21.4. The first kappa shape index (κ1) is 28.1. The summed E-state index contributed by atoms with van der Waals surface area (Å²) in [5.41, 5.74) is 2.35. The first-order valence-electron chi connectivity index (χ1n) is 11.9. The molecule has 0 fully saturated rings. The molecule has 0 bridgehead atoms. The molecule has 6 nitrogen and oxygen atoms in total. The van der Waals surface area contributed by atoms with E-state index in [1.807, 2.05) is 45.2 Å². The number of ether oxygens (including phenoxy) is 1. The van der Waals surface area contributed by atoms with Gasteiger partial charge in [0.05, 0.1) is 34.7 Å². The number of ketones is 1. The highest BCUT2D eigenvalue weighted by molar-refractivity contribution is 7.09. The van der Waals surface area contributed by atoms with Crippen LogP contribution >= 0.6 is 11.3 Å². The number of Topliss-reactive ketones (excluding diaryl/α,β-unsaturated/α-hetero) is 1. The molecular weight excluding hydrogens is 450 g/mol. The van der Waals surface area contributed by atoms with Crippen LogP contribution in [0.4, 0.5) is 0 Å². The third-order valence-electron chi connectivity index (χ3n) is 6.66. The number of cyclic esters (lactones) is 1. The van der Waals surface area contributed by atoms with Crippen LogP contribution in [0.25, 0.3) is 6.08 Å². The van der Waals surface area contributed by atoms with E-state index in [0.29, 0.717) is 6.42 Å². The highest BCUT2D eigenvalue weighted by Gasteiger charge is 2.41. The minimum Gasteiger partial charge on any atom is -0.457 e. The molecule has 0 aliphatic carbocycles. The van der Waals surface area contributed by atoms with Crippen molar-refractivity contribution in [3.8, 4) is 0 Å². The van der Waals surface area contributed by atoms with Gasteiger partial charge in [-0.05, 0) is 57.8 Å². The monoisotopic (exact) mass is 489 g/mol. The van der Waals surface area contributed by atoms with E-state index in [1.54, 1.807) is 32.1 Å². The number of carbonyl (C=O) groups is 2. The van der Waals surface area contributed by atoms with Crippen molar-refractivity contribution in [3.05, 3.63) is 45.0 Å². The lowest BCUT2D eigenvalue weighted by molar-refractivity contribution is -0.153. The summed E-state index contributed by atoms with van der Waals surface area (Å²) in [6.45, 7) is 12.6. The SMILES string of the molecule is CC1=CC[C@@H](C(C)=Cc2csc(C)n2)OC(=O)C[C@H](O)C(C)(C)C(=O)[C@H](C)[C@@H](O)C(C)=CCC1. The molecule has 1 aliphatic rings. The van der Waals surface area contributed by atoms with Crippen molar-refractivity contribution < 1.29 is 24.5 Å². The fourth-order valence-electron chi connectivity index (χ4n) is 4.07. The van der Waals surface area contributed by atoms with Crippen LogP contribution in [0.5, 0.6) is 0 Å². The van der Waals surface area contributed by atoms with Gasteiger partial charge in [-0.15, -0.1) is 11.3 Å². The number of aliphatic hydroxyl groups is 2. The smallest absolute Gasteiger partial charge is 0.309 e. The van der Waals surface area contributed by atoms with E-state index < -0.39 is 35.6 Å². The minimum absolute atomic E-state index is 0.289. The summed E-state index contributed by atoms with van der Waals surface area (Å²) in [6.07, 6.45) is 5.01. The van der Waals surface area contributed by atoms with Gasteiger partial charge >= 0.3 is 5.97 Å². The Morgan fingerprint density at radius 3 is 2.50 bits per heavy atom. The quantitative estimate of drug-likeness (QED) is 0.439. The number of carbonyl (C=O) groups excluding carboxylic acids is 2. The molecule has 0 saturated heterocycles. The van der Waals surface area contributed by atoms with Gasteiger partial charge in [0.1, 0.15) is 11.9 Å². The molecule has 0 aromatic carbocycles. The van der Waals surface area contributed by atoms with Gasteiger partial charge in [-0.2, -0.15) is 0 Å². The predicted molar refractivity (Wildman–Crippen MR) is 136 cm³/mol. The van der Waals surface area contributed by atoms with Gasteiger partial charge in [-0.3, -0.25) is 9.59 Å². The Morgan fingerprint density at radius 2 is 1.88 bits per heavy atom. The average Bonchev–Trinajstić information content (AvgIpc) is 3.18. The Kier molecular flexibility index (Phi) is 9.97. The minimum atomic E-state index is -1.23. The van der Waals surface area contributed by atoms with Gasteiger partial charge in [0.25, 0.3) is 0 Å². The fourth-order valence-corrected chi connectivity index (χ4v) is 4.64. The van der Waals surface area contributed by atoms with Crippen molar-refractivity contribution in [2.75, 3.05) is 0 Å². The second-order valence-corrected chi connectivity index (χ2v) is 11.0. The van der Waals surface area contributed by atoms with Gasteiger partial charge in [-0.1, -0.05) is 38.5 Å². The third-order valence-corrected chi connectivity index (χ3v) is 7.45. The molecule has 188 valence electrons. The number of esters is 1. The second-order valence-electron chi connectivity index (χ2n) is 9.97. The number of rotatable bonds is 2. The maximum atomic E-state index is 13.1. The molecule has 1 aromatic rings. The van der Waals surface area contributed by atoms with Gasteiger partial charge in [0.2, 0.25) is 0 Å². The first-order valence-corrected chi connectivity index (χ1v) is 12.7. The van der Waals surface area contributed by atoms with Gasteiger partial charge in [-0.25, -0.2) is 4.98 Å². The van der Waals surface area contributed by atoms with Crippen molar-refractivity contribution in [3.63, 3.8) is 0 Å². The Hall–Kier alpha value is -2.09. The van der Waals surface area contributed by atoms with Crippen molar-refractivity contribution in [1.82, 2.24) is 4.98 Å². The zero-order valence-corrected chi connectivity index (χ0v) is 22.2. The summed E-state index contributed by atoms with van der Waals surface area (Å²) in [5.74, 6) is -1.56. The number of aryl methyl sites for hydroxylation is 1. The predicted octanol–water partition coefficient (Wildman–Crippen LogP) is 5.19. The van der Waals surface area contributed by atoms with Crippen LogP contribution in [-0.4, -0.2) is 45.3 Å². The molecule has 0 radical (unpaired) electrons. The summed E-state index contributed by atoms with van der Waals surface area (Å²) in [5, 5.41) is 24.4. The normalized spacial score (nSPS) is 28.2. The van der Waals surface area contributed by atoms with E-state index in [-0.39, 0.29) is 12.2 Å². The molecule has 2 rings (SSSR count). The number of hydrogen-bond acceptors (Lipinski definition) is 7.